The van der Waals surface area contributed by atoms with Gasteiger partial charge < -0.3 is 4.42 Å². The molecule has 0 amide bonds. The Bertz CT molecular complexity index is 432. The molecule has 1 N–H and O–H groups in total. The standard InChI is InChI=1S/C8H9NO4S/c1-2-5-9-14(11,12)8-4-3-7(6-10)13-8/h2-4,6,9H,1,5H2. The summed E-state index contributed by atoms with van der Waals surface area (Å²) in [6.45, 7) is 3.48. The summed E-state index contributed by atoms with van der Waals surface area (Å²) in [5, 5.41) is -0.276. The molecule has 0 aromatic carbocycles. The minimum absolute atomic E-state index is 0.0241. The predicted octanol–water partition coefficient (Wildman–Crippen LogP) is 0.556. The third-order valence-corrected chi connectivity index (χ3v) is 2.70. The predicted molar refractivity (Wildman–Crippen MR) is 49.5 cm³/mol. The van der Waals surface area contributed by atoms with E-state index < -0.39 is 10.0 Å². The van der Waals surface area contributed by atoms with Crippen molar-refractivity contribution in [3.05, 3.63) is 30.5 Å². The number of hydrogen-bond acceptors (Lipinski definition) is 4. The van der Waals surface area contributed by atoms with Crippen LogP contribution in [0.25, 0.3) is 0 Å². The van der Waals surface area contributed by atoms with Gasteiger partial charge in [0.25, 0.3) is 10.0 Å². The summed E-state index contributed by atoms with van der Waals surface area (Å²) in [6.07, 6.45) is 1.84. The van der Waals surface area contributed by atoms with Gasteiger partial charge in [0.1, 0.15) is 0 Å². The van der Waals surface area contributed by atoms with Crippen molar-refractivity contribution in [3.63, 3.8) is 0 Å². The Balaban J connectivity index is 2.92. The lowest BCUT2D eigenvalue weighted by Gasteiger charge is -1.99. The number of aldehydes is 1. The molecule has 76 valence electrons. The lowest BCUT2D eigenvalue weighted by Crippen LogP contribution is -2.23. The van der Waals surface area contributed by atoms with E-state index in [1.54, 1.807) is 0 Å². The highest BCUT2D eigenvalue weighted by molar-refractivity contribution is 7.89. The number of hydrogen-bond donors (Lipinski definition) is 1. The Labute approximate surface area is 81.5 Å². The molecular weight excluding hydrogens is 206 g/mol. The summed E-state index contributed by atoms with van der Waals surface area (Å²) in [6, 6.07) is 2.50. The van der Waals surface area contributed by atoms with Crippen LogP contribution in [0.4, 0.5) is 0 Å². The Morgan fingerprint density at radius 2 is 2.21 bits per heavy atom. The van der Waals surface area contributed by atoms with Crippen LogP contribution in [0.2, 0.25) is 0 Å². The van der Waals surface area contributed by atoms with Gasteiger partial charge in [-0.3, -0.25) is 4.79 Å². The first-order valence-electron chi connectivity index (χ1n) is 3.75. The van der Waals surface area contributed by atoms with Gasteiger partial charge in [-0.15, -0.1) is 6.58 Å². The second-order valence-electron chi connectivity index (χ2n) is 2.42. The molecule has 1 aromatic rings. The first-order valence-corrected chi connectivity index (χ1v) is 5.24. The molecule has 0 aliphatic heterocycles. The molecule has 0 unspecified atom stereocenters. The van der Waals surface area contributed by atoms with Gasteiger partial charge in [-0.2, -0.15) is 0 Å². The van der Waals surface area contributed by atoms with Crippen molar-refractivity contribution in [2.45, 2.75) is 5.09 Å². The molecule has 0 fully saturated rings. The Morgan fingerprint density at radius 3 is 2.71 bits per heavy atom. The van der Waals surface area contributed by atoms with Crippen LogP contribution in [0.5, 0.6) is 0 Å². The van der Waals surface area contributed by atoms with E-state index >= 15 is 0 Å². The third-order valence-electron chi connectivity index (χ3n) is 1.40. The quantitative estimate of drug-likeness (QED) is 0.575. The fraction of sp³-hybridized carbons (Fsp3) is 0.125. The average Bonchev–Trinajstić information content (AvgIpc) is 2.63. The van der Waals surface area contributed by atoms with E-state index in [0.29, 0.717) is 6.29 Å². The normalized spacial score (nSPS) is 11.1. The van der Waals surface area contributed by atoms with Crippen molar-refractivity contribution in [1.29, 1.82) is 0 Å². The summed E-state index contributed by atoms with van der Waals surface area (Å²) in [5.41, 5.74) is 0. The second kappa shape index (κ2) is 4.21. The highest BCUT2D eigenvalue weighted by atomic mass is 32.2. The van der Waals surface area contributed by atoms with Crippen LogP contribution in [0, 0.1) is 0 Å². The third kappa shape index (κ3) is 2.30. The number of carbonyl (C=O) groups excluding carboxylic acids is 1. The molecule has 0 spiro atoms. The molecule has 5 nitrogen and oxygen atoms in total. The van der Waals surface area contributed by atoms with Crippen molar-refractivity contribution in [3.8, 4) is 0 Å². The SMILES string of the molecule is C=CCNS(=O)(=O)c1ccc(C=O)o1. The van der Waals surface area contributed by atoms with Gasteiger partial charge in [0.15, 0.2) is 12.0 Å². The molecule has 0 bridgehead atoms. The van der Waals surface area contributed by atoms with Crippen LogP contribution in [-0.2, 0) is 10.0 Å². The van der Waals surface area contributed by atoms with Crippen LogP contribution in [0.3, 0.4) is 0 Å². The largest absolute Gasteiger partial charge is 0.440 e. The highest BCUT2D eigenvalue weighted by Crippen LogP contribution is 2.11. The van der Waals surface area contributed by atoms with Crippen molar-refractivity contribution < 1.29 is 17.6 Å². The van der Waals surface area contributed by atoms with Crippen molar-refractivity contribution in [2.75, 3.05) is 6.54 Å². The van der Waals surface area contributed by atoms with Crippen molar-refractivity contribution >= 4 is 16.3 Å². The molecule has 1 heterocycles. The summed E-state index contributed by atoms with van der Waals surface area (Å²) in [7, 11) is -3.66. The summed E-state index contributed by atoms with van der Waals surface area (Å²) in [5.74, 6) is -0.0241. The van der Waals surface area contributed by atoms with Gasteiger partial charge >= 0.3 is 0 Å². The second-order valence-corrected chi connectivity index (χ2v) is 4.11. The monoisotopic (exact) mass is 215 g/mol. The highest BCUT2D eigenvalue weighted by Gasteiger charge is 2.17. The zero-order chi connectivity index (χ0) is 10.6. The van der Waals surface area contributed by atoms with E-state index in [-0.39, 0.29) is 17.4 Å². The fourth-order valence-electron chi connectivity index (χ4n) is 0.782. The smallest absolute Gasteiger partial charge is 0.274 e. The number of sulfonamides is 1. The summed E-state index contributed by atoms with van der Waals surface area (Å²) < 4.78 is 29.7. The van der Waals surface area contributed by atoms with E-state index in [2.05, 4.69) is 11.3 Å². The van der Waals surface area contributed by atoms with Gasteiger partial charge in [0.2, 0.25) is 5.09 Å². The Hall–Kier alpha value is -1.40. The molecule has 1 aromatic heterocycles. The molecular formula is C8H9NO4S. The first kappa shape index (κ1) is 10.7. The van der Waals surface area contributed by atoms with Crippen LogP contribution < -0.4 is 4.72 Å². The Kier molecular flexibility index (Phi) is 3.21. The lowest BCUT2D eigenvalue weighted by molar-refractivity contribution is 0.109. The maximum atomic E-state index is 11.4. The molecule has 0 saturated carbocycles. The van der Waals surface area contributed by atoms with Gasteiger partial charge in [-0.25, -0.2) is 13.1 Å². The van der Waals surface area contributed by atoms with Crippen molar-refractivity contribution in [2.24, 2.45) is 0 Å². The maximum absolute atomic E-state index is 11.4. The average molecular weight is 215 g/mol. The molecule has 0 atom stereocenters. The molecule has 0 aliphatic carbocycles. The van der Waals surface area contributed by atoms with E-state index in [0.717, 1.165) is 0 Å². The van der Waals surface area contributed by atoms with Crippen LogP contribution in [-0.4, -0.2) is 21.2 Å². The summed E-state index contributed by atoms with van der Waals surface area (Å²) in [4.78, 5) is 10.2. The minimum Gasteiger partial charge on any atom is -0.440 e. The van der Waals surface area contributed by atoms with Gasteiger partial charge in [0, 0.05) is 6.54 Å². The Morgan fingerprint density at radius 1 is 1.50 bits per heavy atom. The van der Waals surface area contributed by atoms with Gasteiger partial charge in [-0.1, -0.05) is 6.08 Å². The van der Waals surface area contributed by atoms with Gasteiger partial charge in [-0.05, 0) is 12.1 Å². The molecule has 0 saturated heterocycles. The van der Waals surface area contributed by atoms with Crippen LogP contribution in [0.15, 0.2) is 34.3 Å². The number of rotatable bonds is 5. The van der Waals surface area contributed by atoms with Crippen LogP contribution >= 0.6 is 0 Å². The van der Waals surface area contributed by atoms with E-state index in [1.807, 2.05) is 0 Å². The topological polar surface area (TPSA) is 76.4 Å². The minimum atomic E-state index is -3.66. The molecule has 14 heavy (non-hydrogen) atoms. The molecule has 0 radical (unpaired) electrons. The van der Waals surface area contributed by atoms with Crippen LogP contribution in [0.1, 0.15) is 10.6 Å². The fourth-order valence-corrected chi connectivity index (χ4v) is 1.71. The molecule has 1 rings (SSSR count). The zero-order valence-electron chi connectivity index (χ0n) is 7.26. The lowest BCUT2D eigenvalue weighted by atomic mass is 10.5. The first-order chi connectivity index (χ1) is 6.60. The number of furan rings is 1. The van der Waals surface area contributed by atoms with E-state index in [4.69, 9.17) is 4.42 Å². The van der Waals surface area contributed by atoms with Crippen molar-refractivity contribution in [1.82, 2.24) is 4.72 Å². The molecule has 0 aliphatic rings. The zero-order valence-corrected chi connectivity index (χ0v) is 8.08. The number of carbonyl (C=O) groups is 1. The van der Waals surface area contributed by atoms with Gasteiger partial charge in [0.05, 0.1) is 0 Å². The van der Waals surface area contributed by atoms with E-state index in [9.17, 15) is 13.2 Å². The number of nitrogens with one attached hydrogen (secondary N) is 1. The maximum Gasteiger partial charge on any atom is 0.274 e. The van der Waals surface area contributed by atoms with E-state index in [1.165, 1.54) is 18.2 Å². The summed E-state index contributed by atoms with van der Waals surface area (Å²) >= 11 is 0. The molecule has 6 heteroatoms.